The average molecular weight is 1090 g/mol. The number of amides is 8. The van der Waals surface area contributed by atoms with Gasteiger partial charge in [-0.2, -0.15) is 25.3 Å². The topological polar surface area (TPSA) is 474 Å². The van der Waals surface area contributed by atoms with Crippen molar-refractivity contribution in [2.75, 3.05) is 18.1 Å². The van der Waals surface area contributed by atoms with Gasteiger partial charge in [-0.3, -0.25) is 52.7 Å². The van der Waals surface area contributed by atoms with Gasteiger partial charge in [0.25, 0.3) is 0 Å². The number of phenolic OH excluding ortho intramolecular Hbond substituents is 1. The van der Waals surface area contributed by atoms with Gasteiger partial charge >= 0.3 is 23.9 Å². The summed E-state index contributed by atoms with van der Waals surface area (Å²) in [4.78, 5) is 155. The summed E-state index contributed by atoms with van der Waals surface area (Å²) in [6.45, 7) is 4.52. The maximum absolute atomic E-state index is 13.8. The minimum Gasteiger partial charge on any atom is -0.508 e. The third kappa shape index (κ3) is 23.4. The lowest BCUT2D eigenvalue weighted by molar-refractivity contribution is -0.144. The van der Waals surface area contributed by atoms with Crippen LogP contribution in [-0.4, -0.2) is 180 Å². The quantitative estimate of drug-likeness (QED) is 0.0225. The molecule has 0 radical (unpaired) electrons. The number of unbranched alkanes of at least 4 members (excludes halogenated alkanes) is 1. The summed E-state index contributed by atoms with van der Waals surface area (Å²) in [6, 6.07) is -9.70. The van der Waals surface area contributed by atoms with Crippen LogP contribution in [0, 0.1) is 5.92 Å². The lowest BCUT2D eigenvalue weighted by atomic mass is 9.97. The van der Waals surface area contributed by atoms with Crippen molar-refractivity contribution in [2.24, 2.45) is 17.4 Å². The molecule has 28 nitrogen and oxygen atoms in total. The van der Waals surface area contributed by atoms with Crippen LogP contribution in [0.5, 0.6) is 5.75 Å². The molecule has 0 saturated heterocycles. The molecule has 0 saturated carbocycles. The number of nitrogens with two attached hydrogens (primary N) is 2. The van der Waals surface area contributed by atoms with Crippen LogP contribution in [0.2, 0.25) is 0 Å². The molecule has 0 spiro atoms. The van der Waals surface area contributed by atoms with Crippen molar-refractivity contribution in [3.63, 3.8) is 0 Å². The summed E-state index contributed by atoms with van der Waals surface area (Å²) in [7, 11) is 0. The van der Waals surface area contributed by atoms with Crippen LogP contribution in [0.3, 0.4) is 0 Å². The molecule has 0 aromatic heterocycles. The highest BCUT2D eigenvalue weighted by Crippen LogP contribution is 2.14. The van der Waals surface area contributed by atoms with E-state index in [0.29, 0.717) is 24.9 Å². The second-order valence-corrected chi connectivity index (χ2v) is 17.8. The van der Waals surface area contributed by atoms with E-state index in [1.54, 1.807) is 6.92 Å². The molecular formula is C44H68N10O18S2. The summed E-state index contributed by atoms with van der Waals surface area (Å²) in [6.07, 6.45) is -4.17. The van der Waals surface area contributed by atoms with Crippen LogP contribution in [0.4, 0.5) is 0 Å². The standard InChI is InChI=1S/C44H68N10O18S2/c1-4-20(2)34(53-39(66)27(17-33(61)62)48-40(67)29(18-73)51-36(63)24(46)7-5-6-14-45)42(69)52-30(19-74)41(68)54-35(21(3)55)43(70)49-26(16-32(59)60)38(65)47-25(12-13-31(57)58)37(64)50-28(44(71)72)15-22-8-10-23(56)11-9-22/h8-11,20-21,24-30,34-35,55-56,73-74H,4-7,12-19,45-46H2,1-3H3,(H,47,65)(H,48,67)(H,49,70)(H,50,64)(H,51,63)(H,52,69)(H,53,66)(H,54,68)(H,57,58)(H,59,60)(H,61,62)(H,71,72). The summed E-state index contributed by atoms with van der Waals surface area (Å²) in [5.74, 6) is -17.0. The highest BCUT2D eigenvalue weighted by molar-refractivity contribution is 7.80. The fourth-order valence-corrected chi connectivity index (χ4v) is 7.15. The van der Waals surface area contributed by atoms with Crippen LogP contribution in [0.15, 0.2) is 24.3 Å². The Morgan fingerprint density at radius 2 is 0.959 bits per heavy atom. The molecule has 1 aromatic carbocycles. The van der Waals surface area contributed by atoms with Gasteiger partial charge in [-0.1, -0.05) is 38.8 Å². The molecule has 11 unspecified atom stereocenters. The van der Waals surface area contributed by atoms with E-state index in [1.165, 1.54) is 31.2 Å². The molecule has 11 atom stereocenters. The lowest BCUT2D eigenvalue weighted by Crippen LogP contribution is -2.63. The smallest absolute Gasteiger partial charge is 0.326 e. The van der Waals surface area contributed by atoms with Crippen molar-refractivity contribution >= 4 is 96.4 Å². The number of thiol groups is 2. The van der Waals surface area contributed by atoms with Crippen molar-refractivity contribution < 1.29 is 88.2 Å². The SMILES string of the molecule is CCC(C)C(NC(=O)C(CC(=O)O)NC(=O)C(CS)NC(=O)C(N)CCCCN)C(=O)NC(CS)C(=O)NC(C(=O)NC(CC(=O)O)C(=O)NC(CCC(=O)O)C(=O)NC(Cc1ccc(O)cc1)C(=O)O)C(C)O. The van der Waals surface area contributed by atoms with Gasteiger partial charge in [0.05, 0.1) is 25.0 Å². The summed E-state index contributed by atoms with van der Waals surface area (Å²) >= 11 is 8.18. The number of carbonyl (C=O) groups excluding carboxylic acids is 8. The van der Waals surface area contributed by atoms with Crippen LogP contribution in [-0.2, 0) is 64.0 Å². The van der Waals surface area contributed by atoms with E-state index in [1.807, 2.05) is 5.32 Å². The summed E-state index contributed by atoms with van der Waals surface area (Å²) in [5, 5.41) is 76.3. The number of aliphatic carboxylic acids is 4. The molecule has 0 aliphatic carbocycles. The average Bonchev–Trinajstić information content (AvgIpc) is 3.33. The molecule has 1 aromatic rings. The number of aromatic hydroxyl groups is 1. The summed E-state index contributed by atoms with van der Waals surface area (Å²) < 4.78 is 0. The number of carbonyl (C=O) groups is 12. The summed E-state index contributed by atoms with van der Waals surface area (Å²) in [5.41, 5.74) is 11.7. The van der Waals surface area contributed by atoms with Gasteiger partial charge in [0, 0.05) is 24.3 Å². The molecule has 74 heavy (non-hydrogen) atoms. The van der Waals surface area contributed by atoms with Gasteiger partial charge in [-0.15, -0.1) is 0 Å². The van der Waals surface area contributed by atoms with Gasteiger partial charge in [-0.05, 0) is 56.3 Å². The Hall–Kier alpha value is -6.76. The van der Waals surface area contributed by atoms with Crippen molar-refractivity contribution in [2.45, 2.75) is 139 Å². The Morgan fingerprint density at radius 3 is 1.43 bits per heavy atom. The van der Waals surface area contributed by atoms with E-state index in [4.69, 9.17) is 11.5 Å². The number of rotatable bonds is 35. The van der Waals surface area contributed by atoms with E-state index in [2.05, 4.69) is 62.5 Å². The normalized spacial score (nSPS) is 15.5. The van der Waals surface area contributed by atoms with Gasteiger partial charge in [0.2, 0.25) is 47.3 Å². The second kappa shape index (κ2) is 33.1. The van der Waals surface area contributed by atoms with Crippen molar-refractivity contribution in [3.05, 3.63) is 29.8 Å². The minimum absolute atomic E-state index is 0.132. The molecule has 8 amide bonds. The third-order valence-electron chi connectivity index (χ3n) is 11.1. The zero-order valence-corrected chi connectivity index (χ0v) is 42.6. The molecular weight excluding hydrogens is 1020 g/mol. The van der Waals surface area contributed by atoms with Crippen LogP contribution in [0.25, 0.3) is 0 Å². The van der Waals surface area contributed by atoms with Crippen LogP contribution < -0.4 is 54.0 Å². The Balaban J connectivity index is 3.30. The zero-order valence-electron chi connectivity index (χ0n) is 40.8. The van der Waals surface area contributed by atoms with Gasteiger partial charge in [-0.25, -0.2) is 4.79 Å². The largest absolute Gasteiger partial charge is 0.508 e. The highest BCUT2D eigenvalue weighted by atomic mass is 32.1. The molecule has 0 heterocycles. The Morgan fingerprint density at radius 1 is 0.541 bits per heavy atom. The van der Waals surface area contributed by atoms with E-state index < -0.39 is 169 Å². The monoisotopic (exact) mass is 1090 g/mol. The molecule has 30 heteroatoms. The van der Waals surface area contributed by atoms with Crippen LogP contribution in [0.1, 0.15) is 77.7 Å². The first kappa shape index (κ1) is 65.3. The van der Waals surface area contributed by atoms with Crippen molar-refractivity contribution in [3.8, 4) is 5.75 Å². The maximum Gasteiger partial charge on any atom is 0.326 e. The molecule has 414 valence electrons. The van der Waals surface area contributed by atoms with E-state index in [0.717, 1.165) is 6.92 Å². The molecule has 0 aliphatic heterocycles. The number of benzene rings is 1. The Labute approximate surface area is 435 Å². The second-order valence-electron chi connectivity index (χ2n) is 17.1. The first-order valence-electron chi connectivity index (χ1n) is 23.1. The number of nitrogens with one attached hydrogen (secondary N) is 8. The number of hydrogen-bond donors (Lipinski definition) is 18. The number of aliphatic hydroxyl groups excluding tert-OH is 1. The Bertz CT molecular complexity index is 2140. The molecule has 0 fully saturated rings. The molecule has 0 aliphatic rings. The molecule has 1 rings (SSSR count). The number of carboxylic acid groups (broad SMARTS) is 4. The highest BCUT2D eigenvalue weighted by Gasteiger charge is 2.38. The van der Waals surface area contributed by atoms with Crippen molar-refractivity contribution in [1.82, 2.24) is 42.5 Å². The van der Waals surface area contributed by atoms with E-state index in [9.17, 15) is 88.2 Å². The zero-order chi connectivity index (χ0) is 56.4. The molecule has 0 bridgehead atoms. The first-order valence-corrected chi connectivity index (χ1v) is 24.4. The number of aliphatic hydroxyl groups is 1. The third-order valence-corrected chi connectivity index (χ3v) is 11.8. The predicted molar refractivity (Wildman–Crippen MR) is 266 cm³/mol. The van der Waals surface area contributed by atoms with E-state index >= 15 is 0 Å². The van der Waals surface area contributed by atoms with Gasteiger partial charge in [0.1, 0.15) is 54.1 Å². The lowest BCUT2D eigenvalue weighted by Gasteiger charge is -2.29. The number of carboxylic acids is 4. The van der Waals surface area contributed by atoms with E-state index in [-0.39, 0.29) is 30.8 Å². The van der Waals surface area contributed by atoms with Gasteiger partial charge < -0.3 is 84.6 Å². The fourth-order valence-electron chi connectivity index (χ4n) is 6.63. The van der Waals surface area contributed by atoms with Gasteiger partial charge in [0.15, 0.2) is 0 Å². The van der Waals surface area contributed by atoms with Crippen LogP contribution >= 0.6 is 25.3 Å². The molecule has 18 N–H and O–H groups in total. The Kier molecular flexibility index (Phi) is 29.2. The number of phenols is 1. The first-order chi connectivity index (χ1) is 34.7. The minimum atomic E-state index is -2.09. The fraction of sp³-hybridized carbons (Fsp3) is 0.591. The van der Waals surface area contributed by atoms with Crippen molar-refractivity contribution in [1.29, 1.82) is 0 Å². The number of hydrogen-bond acceptors (Lipinski definition) is 18. The predicted octanol–water partition coefficient (Wildman–Crippen LogP) is -4.55. The maximum atomic E-state index is 13.8.